The van der Waals surface area contributed by atoms with Crippen LogP contribution in [-0.2, 0) is 10.3 Å². The van der Waals surface area contributed by atoms with Crippen molar-refractivity contribution in [3.8, 4) is 17.2 Å². The number of amides is 1. The molecule has 3 aromatic rings. The van der Waals surface area contributed by atoms with Crippen molar-refractivity contribution in [2.45, 2.75) is 18.4 Å². The maximum Gasteiger partial charge on any atom is 0.239 e. The van der Waals surface area contributed by atoms with Crippen LogP contribution in [0, 0.1) is 16.7 Å². The van der Waals surface area contributed by atoms with Gasteiger partial charge in [-0.1, -0.05) is 35.9 Å². The molecule has 0 bridgehead atoms. The number of carbonyl (C=O) groups is 1. The first-order valence-electron chi connectivity index (χ1n) is 9.33. The molecule has 2 aromatic carbocycles. The predicted molar refractivity (Wildman–Crippen MR) is 120 cm³/mol. The molecule has 0 saturated carbocycles. The number of halogens is 1. The lowest BCUT2D eigenvalue weighted by Crippen LogP contribution is -2.62. The number of thiophene rings is 1. The summed E-state index contributed by atoms with van der Waals surface area (Å²) in [6.07, 6.45) is 0. The first-order chi connectivity index (χ1) is 14.3. The standard InChI is InChI=1S/C23H19ClN4OS/c1-23(19-11-17(13-30-19)16-5-3-4-14(10-16)12-25)20(15-6-8-18(24)9-7-15)21(29)28(2)22(26)27-23/h3-11,13,20H,1-2H3,(H2,26,27)/t20-,23-/m1/s1. The van der Waals surface area contributed by atoms with Gasteiger partial charge in [-0.25, -0.2) is 0 Å². The molecule has 0 aliphatic carbocycles. The molecule has 2 atom stereocenters. The van der Waals surface area contributed by atoms with Crippen LogP contribution in [0.4, 0.5) is 0 Å². The van der Waals surface area contributed by atoms with Crippen molar-refractivity contribution in [1.82, 2.24) is 10.2 Å². The smallest absolute Gasteiger partial charge is 0.239 e. The average Bonchev–Trinajstić information content (AvgIpc) is 3.25. The van der Waals surface area contributed by atoms with Crippen molar-refractivity contribution in [3.63, 3.8) is 0 Å². The minimum atomic E-state index is -0.801. The lowest BCUT2D eigenvalue weighted by Gasteiger charge is -2.45. The summed E-state index contributed by atoms with van der Waals surface area (Å²) in [5, 5.41) is 23.3. The number of nitrogens with one attached hydrogen (secondary N) is 2. The number of nitriles is 1. The Balaban J connectivity index is 1.81. The van der Waals surface area contributed by atoms with Crippen LogP contribution in [0.5, 0.6) is 0 Å². The van der Waals surface area contributed by atoms with Gasteiger partial charge >= 0.3 is 0 Å². The number of nitrogens with zero attached hydrogens (tertiary/aromatic N) is 2. The Morgan fingerprint density at radius 2 is 1.93 bits per heavy atom. The van der Waals surface area contributed by atoms with E-state index in [1.54, 1.807) is 25.2 Å². The van der Waals surface area contributed by atoms with Crippen LogP contribution in [0.3, 0.4) is 0 Å². The van der Waals surface area contributed by atoms with Crippen molar-refractivity contribution in [2.24, 2.45) is 0 Å². The first-order valence-corrected chi connectivity index (χ1v) is 10.6. The van der Waals surface area contributed by atoms with E-state index in [0.29, 0.717) is 10.6 Å². The third-order valence-electron chi connectivity index (χ3n) is 5.51. The van der Waals surface area contributed by atoms with Gasteiger partial charge < -0.3 is 5.32 Å². The van der Waals surface area contributed by atoms with E-state index in [9.17, 15) is 10.1 Å². The van der Waals surface area contributed by atoms with E-state index in [0.717, 1.165) is 21.6 Å². The van der Waals surface area contributed by atoms with E-state index in [1.807, 2.05) is 48.7 Å². The zero-order valence-corrected chi connectivity index (χ0v) is 18.0. The molecule has 4 rings (SSSR count). The highest BCUT2D eigenvalue weighted by molar-refractivity contribution is 7.10. The Hall–Kier alpha value is -3.14. The van der Waals surface area contributed by atoms with Crippen LogP contribution in [0.2, 0.25) is 5.02 Å². The van der Waals surface area contributed by atoms with Crippen LogP contribution in [-0.4, -0.2) is 23.8 Å². The number of guanidine groups is 1. The van der Waals surface area contributed by atoms with Crippen molar-refractivity contribution >= 4 is 34.8 Å². The zero-order chi connectivity index (χ0) is 21.5. The molecule has 1 aliphatic rings. The molecule has 0 unspecified atom stereocenters. The lowest BCUT2D eigenvalue weighted by atomic mass is 9.76. The third kappa shape index (κ3) is 3.36. The molecule has 1 fully saturated rings. The summed E-state index contributed by atoms with van der Waals surface area (Å²) < 4.78 is 0. The molecule has 0 spiro atoms. The molecule has 7 heteroatoms. The van der Waals surface area contributed by atoms with E-state index in [4.69, 9.17) is 17.0 Å². The average molecular weight is 435 g/mol. The van der Waals surface area contributed by atoms with Gasteiger partial charge in [-0.3, -0.25) is 15.1 Å². The molecular formula is C23H19ClN4OS. The van der Waals surface area contributed by atoms with Gasteiger partial charge in [0, 0.05) is 16.9 Å². The summed E-state index contributed by atoms with van der Waals surface area (Å²) in [5.74, 6) is -0.607. The summed E-state index contributed by atoms with van der Waals surface area (Å²) >= 11 is 7.59. The van der Waals surface area contributed by atoms with Crippen molar-refractivity contribution < 1.29 is 4.79 Å². The fourth-order valence-corrected chi connectivity index (χ4v) is 5.01. The molecule has 2 N–H and O–H groups in total. The summed E-state index contributed by atoms with van der Waals surface area (Å²) in [6.45, 7) is 1.95. The lowest BCUT2D eigenvalue weighted by molar-refractivity contribution is -0.131. The quantitative estimate of drug-likeness (QED) is 0.613. The van der Waals surface area contributed by atoms with Gasteiger partial charge in [0.25, 0.3) is 0 Å². The number of carbonyl (C=O) groups excluding carboxylic acids is 1. The van der Waals surface area contributed by atoms with Crippen molar-refractivity contribution in [3.05, 3.63) is 81.0 Å². The fraction of sp³-hybridized carbons (Fsp3) is 0.174. The van der Waals surface area contributed by atoms with E-state index in [-0.39, 0.29) is 11.9 Å². The second-order valence-electron chi connectivity index (χ2n) is 7.45. The number of likely N-dealkylation sites (N-methyl/N-ethyl adjacent to an activating group) is 1. The van der Waals surface area contributed by atoms with Crippen LogP contribution in [0.25, 0.3) is 11.1 Å². The Bertz CT molecular complexity index is 1180. The number of hydrogen-bond donors (Lipinski definition) is 2. The summed E-state index contributed by atoms with van der Waals surface area (Å²) in [6, 6.07) is 18.9. The minimum absolute atomic E-state index is 0.0640. The summed E-state index contributed by atoms with van der Waals surface area (Å²) in [5.41, 5.74) is 2.55. The van der Waals surface area contributed by atoms with Gasteiger partial charge in [-0.15, -0.1) is 11.3 Å². The Morgan fingerprint density at radius 3 is 2.63 bits per heavy atom. The first kappa shape index (κ1) is 20.1. The number of hydrogen-bond acceptors (Lipinski definition) is 4. The van der Waals surface area contributed by atoms with Gasteiger partial charge in [-0.2, -0.15) is 5.26 Å². The molecule has 30 heavy (non-hydrogen) atoms. The van der Waals surface area contributed by atoms with Gasteiger partial charge in [0.2, 0.25) is 5.91 Å². The molecule has 150 valence electrons. The second-order valence-corrected chi connectivity index (χ2v) is 8.80. The molecule has 1 aliphatic heterocycles. The Morgan fingerprint density at radius 1 is 1.20 bits per heavy atom. The van der Waals surface area contributed by atoms with E-state index < -0.39 is 11.5 Å². The van der Waals surface area contributed by atoms with Crippen LogP contribution < -0.4 is 5.32 Å². The SMILES string of the molecule is CN1C(=N)N[C@](C)(c2cc(-c3cccc(C#N)c3)cs2)[C@H](c2ccc(Cl)cc2)C1=O. The zero-order valence-electron chi connectivity index (χ0n) is 16.4. The summed E-state index contributed by atoms with van der Waals surface area (Å²) in [7, 11) is 1.60. The molecule has 1 saturated heterocycles. The number of rotatable bonds is 3. The highest BCUT2D eigenvalue weighted by Crippen LogP contribution is 2.44. The van der Waals surface area contributed by atoms with Crippen molar-refractivity contribution in [1.29, 1.82) is 10.7 Å². The topological polar surface area (TPSA) is 80.0 Å². The molecule has 1 aromatic heterocycles. The highest BCUT2D eigenvalue weighted by Gasteiger charge is 2.49. The van der Waals surface area contributed by atoms with E-state index in [1.165, 1.54) is 16.2 Å². The fourth-order valence-electron chi connectivity index (χ4n) is 3.82. The second kappa shape index (κ2) is 7.60. The van der Waals surface area contributed by atoms with Gasteiger partial charge in [0.05, 0.1) is 23.1 Å². The van der Waals surface area contributed by atoms with Crippen molar-refractivity contribution in [2.75, 3.05) is 7.05 Å². The van der Waals surface area contributed by atoms with E-state index >= 15 is 0 Å². The van der Waals surface area contributed by atoms with Crippen LogP contribution >= 0.6 is 22.9 Å². The summed E-state index contributed by atoms with van der Waals surface area (Å²) in [4.78, 5) is 15.5. The molecule has 0 radical (unpaired) electrons. The van der Waals surface area contributed by atoms with Gasteiger partial charge in [0.1, 0.15) is 0 Å². The van der Waals surface area contributed by atoms with Crippen LogP contribution in [0.15, 0.2) is 60.0 Å². The molecule has 1 amide bonds. The maximum absolute atomic E-state index is 13.3. The predicted octanol–water partition coefficient (Wildman–Crippen LogP) is 4.94. The molecule has 2 heterocycles. The number of benzene rings is 2. The van der Waals surface area contributed by atoms with Gasteiger partial charge in [-0.05, 0) is 59.3 Å². The Labute approximate surface area is 184 Å². The Kier molecular flexibility index (Phi) is 5.10. The largest absolute Gasteiger partial charge is 0.345 e. The molecule has 5 nitrogen and oxygen atoms in total. The third-order valence-corrected chi connectivity index (χ3v) is 6.93. The normalized spacial score (nSPS) is 21.3. The van der Waals surface area contributed by atoms with Gasteiger partial charge in [0.15, 0.2) is 5.96 Å². The maximum atomic E-state index is 13.3. The minimum Gasteiger partial charge on any atom is -0.345 e. The highest BCUT2D eigenvalue weighted by atomic mass is 35.5. The monoisotopic (exact) mass is 434 g/mol. The molecular weight excluding hydrogens is 416 g/mol. The van der Waals surface area contributed by atoms with E-state index in [2.05, 4.69) is 11.4 Å². The van der Waals surface area contributed by atoms with Crippen LogP contribution in [0.1, 0.15) is 28.8 Å².